The van der Waals surface area contributed by atoms with Gasteiger partial charge in [-0.15, -0.1) is 0 Å². The second-order valence-electron chi connectivity index (χ2n) is 10.2. The number of ether oxygens (including phenoxy) is 1. The van der Waals surface area contributed by atoms with E-state index in [9.17, 15) is 35.6 Å². The average molecular weight is 599 g/mol. The predicted octanol–water partition coefficient (Wildman–Crippen LogP) is 6.69. The third kappa shape index (κ3) is 7.97. The number of benzene rings is 4. The van der Waals surface area contributed by atoms with E-state index < -0.39 is 23.6 Å². The molecule has 0 heterocycles. The molecule has 0 aliphatic heterocycles. The maximum atomic E-state index is 13.3. The van der Waals surface area contributed by atoms with Crippen LogP contribution in [-0.4, -0.2) is 49.8 Å². The molecule has 9 heteroatoms. The van der Waals surface area contributed by atoms with Crippen LogP contribution in [0, 0.1) is 0 Å². The van der Waals surface area contributed by atoms with Crippen molar-refractivity contribution in [1.29, 1.82) is 0 Å². The van der Waals surface area contributed by atoms with Crippen molar-refractivity contribution >= 4 is 11.9 Å². The standard InChI is InChI=1S/C35H34O9/c1-43-32-21-31(40)33(35(41)34(32)30(39)20-10-23-7-15-26(37)16-8-23)29(24-11-17-27(38)18-12-24)4-2-3-28(44-42)19-9-22-5-13-25(36)14-6-22/h2,4-8,10-18,20-21,28-29,36-38,40-42H,3,9,19H2,1H3/b4-2+,20-10+/t28-,29-/m1/s1. The van der Waals surface area contributed by atoms with Crippen LogP contribution in [-0.2, 0) is 11.3 Å². The second kappa shape index (κ2) is 14.8. The van der Waals surface area contributed by atoms with Gasteiger partial charge in [0.1, 0.15) is 40.1 Å². The third-order valence-electron chi connectivity index (χ3n) is 7.20. The van der Waals surface area contributed by atoms with Gasteiger partial charge in [-0.1, -0.05) is 54.6 Å². The van der Waals surface area contributed by atoms with E-state index in [-0.39, 0.29) is 46.3 Å². The van der Waals surface area contributed by atoms with Gasteiger partial charge in [0.05, 0.1) is 13.2 Å². The van der Waals surface area contributed by atoms with E-state index >= 15 is 0 Å². The topological polar surface area (TPSA) is 157 Å². The fraction of sp³-hybridized carbons (Fsp3) is 0.171. The number of carbonyl (C=O) groups is 1. The van der Waals surface area contributed by atoms with Crippen LogP contribution in [0.3, 0.4) is 0 Å². The molecule has 0 aromatic heterocycles. The lowest BCUT2D eigenvalue weighted by Crippen LogP contribution is -2.11. The van der Waals surface area contributed by atoms with Gasteiger partial charge in [-0.2, -0.15) is 0 Å². The van der Waals surface area contributed by atoms with Crippen molar-refractivity contribution in [2.24, 2.45) is 0 Å². The van der Waals surface area contributed by atoms with Crippen LogP contribution in [0.5, 0.6) is 34.5 Å². The van der Waals surface area contributed by atoms with E-state index in [4.69, 9.17) is 4.74 Å². The van der Waals surface area contributed by atoms with Crippen LogP contribution in [0.25, 0.3) is 6.08 Å². The zero-order chi connectivity index (χ0) is 31.6. The molecule has 4 rings (SSSR count). The Morgan fingerprint density at radius 1 is 0.841 bits per heavy atom. The van der Waals surface area contributed by atoms with Gasteiger partial charge < -0.3 is 30.3 Å². The summed E-state index contributed by atoms with van der Waals surface area (Å²) in [5.41, 5.74) is 2.08. The van der Waals surface area contributed by atoms with Crippen LogP contribution in [0.4, 0.5) is 0 Å². The second-order valence-corrected chi connectivity index (χ2v) is 10.2. The first-order chi connectivity index (χ1) is 21.2. The van der Waals surface area contributed by atoms with E-state index in [0.29, 0.717) is 24.0 Å². The van der Waals surface area contributed by atoms with Gasteiger partial charge in [-0.25, -0.2) is 4.89 Å². The highest BCUT2D eigenvalue weighted by molar-refractivity contribution is 6.11. The predicted molar refractivity (Wildman–Crippen MR) is 165 cm³/mol. The summed E-state index contributed by atoms with van der Waals surface area (Å²) in [6.07, 6.45) is 7.00. The molecule has 44 heavy (non-hydrogen) atoms. The molecule has 9 nitrogen and oxygen atoms in total. The molecule has 0 aliphatic carbocycles. The molecule has 6 N–H and O–H groups in total. The molecule has 0 saturated carbocycles. The number of hydrogen-bond donors (Lipinski definition) is 6. The van der Waals surface area contributed by atoms with Crippen molar-refractivity contribution in [2.45, 2.75) is 31.3 Å². The Morgan fingerprint density at radius 2 is 1.43 bits per heavy atom. The number of allylic oxidation sites excluding steroid dienone is 2. The number of phenols is 5. The fourth-order valence-electron chi connectivity index (χ4n) is 4.82. The van der Waals surface area contributed by atoms with Gasteiger partial charge in [-0.05, 0) is 78.4 Å². The highest BCUT2D eigenvalue weighted by Gasteiger charge is 2.27. The van der Waals surface area contributed by atoms with Gasteiger partial charge in [0.15, 0.2) is 5.78 Å². The van der Waals surface area contributed by atoms with E-state index in [1.807, 2.05) is 0 Å². The Bertz CT molecular complexity index is 1610. The van der Waals surface area contributed by atoms with E-state index in [1.165, 1.54) is 49.6 Å². The number of ketones is 1. The van der Waals surface area contributed by atoms with Gasteiger partial charge >= 0.3 is 0 Å². The first-order valence-electron chi connectivity index (χ1n) is 13.9. The molecule has 0 unspecified atom stereocenters. The summed E-state index contributed by atoms with van der Waals surface area (Å²) in [6.45, 7) is 0. The van der Waals surface area contributed by atoms with Crippen molar-refractivity contribution in [3.05, 3.63) is 125 Å². The lowest BCUT2D eigenvalue weighted by atomic mass is 9.86. The minimum absolute atomic E-state index is 0.0258. The molecule has 0 amide bonds. The summed E-state index contributed by atoms with van der Waals surface area (Å²) in [6, 6.07) is 20.4. The number of phenolic OH excluding ortho intramolecular Hbond substituents is 5. The summed E-state index contributed by atoms with van der Waals surface area (Å²) in [4.78, 5) is 18.0. The zero-order valence-corrected chi connectivity index (χ0v) is 24.0. The van der Waals surface area contributed by atoms with E-state index in [0.717, 1.165) is 5.56 Å². The molecule has 2 atom stereocenters. The van der Waals surface area contributed by atoms with E-state index in [1.54, 1.807) is 60.7 Å². The number of aromatic hydroxyl groups is 5. The lowest BCUT2D eigenvalue weighted by Gasteiger charge is -2.21. The maximum Gasteiger partial charge on any atom is 0.193 e. The minimum atomic E-state index is -0.773. The number of hydrogen-bond acceptors (Lipinski definition) is 9. The maximum absolute atomic E-state index is 13.3. The highest BCUT2D eigenvalue weighted by atomic mass is 17.1. The summed E-state index contributed by atoms with van der Waals surface area (Å²) in [5, 5.41) is 60.9. The first-order valence-corrected chi connectivity index (χ1v) is 13.9. The summed E-state index contributed by atoms with van der Waals surface area (Å²) in [5.74, 6) is -1.90. The molecular weight excluding hydrogens is 564 g/mol. The molecular formula is C35H34O9. The zero-order valence-electron chi connectivity index (χ0n) is 24.0. The van der Waals surface area contributed by atoms with Crippen LogP contribution < -0.4 is 4.74 Å². The fourth-order valence-corrected chi connectivity index (χ4v) is 4.82. The Kier molecular flexibility index (Phi) is 10.6. The van der Waals surface area contributed by atoms with Crippen molar-refractivity contribution in [2.75, 3.05) is 7.11 Å². The summed E-state index contributed by atoms with van der Waals surface area (Å²) >= 11 is 0. The SMILES string of the molecule is COc1cc(O)c([C@H](/C=C/C[C@H](CCc2ccc(O)cc2)OO)c2ccc(O)cc2)c(O)c1C(=O)/C=C/c1ccc(O)cc1. The third-order valence-corrected chi connectivity index (χ3v) is 7.20. The van der Waals surface area contributed by atoms with Crippen molar-refractivity contribution in [1.82, 2.24) is 0 Å². The number of methoxy groups -OCH3 is 1. The molecule has 0 fully saturated rings. The molecule has 0 spiro atoms. The van der Waals surface area contributed by atoms with Crippen LogP contribution >= 0.6 is 0 Å². The normalized spacial score (nSPS) is 12.9. The van der Waals surface area contributed by atoms with E-state index in [2.05, 4.69) is 4.89 Å². The van der Waals surface area contributed by atoms with Crippen molar-refractivity contribution < 1.29 is 45.2 Å². The lowest BCUT2D eigenvalue weighted by molar-refractivity contribution is -0.278. The summed E-state index contributed by atoms with van der Waals surface area (Å²) in [7, 11) is 1.32. The van der Waals surface area contributed by atoms with Gasteiger partial charge in [0.2, 0.25) is 0 Å². The Morgan fingerprint density at radius 3 is 2.02 bits per heavy atom. The molecule has 228 valence electrons. The Hall–Kier alpha value is -5.25. The largest absolute Gasteiger partial charge is 0.508 e. The summed E-state index contributed by atoms with van der Waals surface area (Å²) < 4.78 is 5.33. The Labute approximate surface area is 254 Å². The molecule has 4 aromatic rings. The molecule has 4 aromatic carbocycles. The molecule has 0 radical (unpaired) electrons. The van der Waals surface area contributed by atoms with Gasteiger partial charge in [-0.3, -0.25) is 10.1 Å². The van der Waals surface area contributed by atoms with Crippen molar-refractivity contribution in [3.63, 3.8) is 0 Å². The van der Waals surface area contributed by atoms with Crippen LogP contribution in [0.2, 0.25) is 0 Å². The van der Waals surface area contributed by atoms with Crippen LogP contribution in [0.1, 0.15) is 51.4 Å². The molecule has 0 aliphatic rings. The van der Waals surface area contributed by atoms with Crippen LogP contribution in [0.15, 0.2) is 97.1 Å². The monoisotopic (exact) mass is 598 g/mol. The average Bonchev–Trinajstić information content (AvgIpc) is 3.02. The molecule has 0 bridgehead atoms. The quantitative estimate of drug-likeness (QED) is 0.0324. The highest BCUT2D eigenvalue weighted by Crippen LogP contribution is 2.45. The molecule has 0 saturated heterocycles. The Balaban J connectivity index is 1.66. The van der Waals surface area contributed by atoms with Crippen molar-refractivity contribution in [3.8, 4) is 34.5 Å². The first kappa shape index (κ1) is 31.7. The number of rotatable bonds is 13. The van der Waals surface area contributed by atoms with Gasteiger partial charge in [0.25, 0.3) is 0 Å². The minimum Gasteiger partial charge on any atom is -0.508 e. The van der Waals surface area contributed by atoms with Gasteiger partial charge in [0, 0.05) is 17.5 Å². The number of carbonyl (C=O) groups excluding carboxylic acids is 1. The smallest absolute Gasteiger partial charge is 0.193 e. The number of aryl methyl sites for hydroxylation is 1.